The van der Waals surface area contributed by atoms with Gasteiger partial charge in [0.25, 0.3) is 5.91 Å². The topological polar surface area (TPSA) is 68.5 Å². The van der Waals surface area contributed by atoms with E-state index in [2.05, 4.69) is 16.3 Å². The van der Waals surface area contributed by atoms with Gasteiger partial charge in [0.2, 0.25) is 11.8 Å². The Hall–Kier alpha value is -2.47. The molecule has 0 unspecified atom stereocenters. The van der Waals surface area contributed by atoms with E-state index in [1.165, 1.54) is 17.6 Å². The van der Waals surface area contributed by atoms with Crippen LogP contribution in [0, 0.1) is 6.92 Å². The molecule has 6 heteroatoms. The minimum Gasteiger partial charge on any atom is -0.423 e. The number of benzene rings is 1. The fourth-order valence-electron chi connectivity index (χ4n) is 3.64. The zero-order valence-corrected chi connectivity index (χ0v) is 15.1. The predicted octanol–water partition coefficient (Wildman–Crippen LogP) is 3.55. The maximum atomic E-state index is 12.9. The van der Waals surface area contributed by atoms with Gasteiger partial charge in [-0.3, -0.25) is 4.79 Å². The quantitative estimate of drug-likeness (QED) is 0.844. The average Bonchev–Trinajstić information content (AvgIpc) is 3.32. The summed E-state index contributed by atoms with van der Waals surface area (Å²) >= 11 is 0. The highest BCUT2D eigenvalue weighted by Crippen LogP contribution is 2.29. The van der Waals surface area contributed by atoms with Crippen molar-refractivity contribution in [2.24, 2.45) is 0 Å². The van der Waals surface area contributed by atoms with Gasteiger partial charge in [-0.1, -0.05) is 18.2 Å². The summed E-state index contributed by atoms with van der Waals surface area (Å²) in [4.78, 5) is 14.8. The molecule has 2 aromatic rings. The average molecular weight is 353 g/mol. The van der Waals surface area contributed by atoms with Crippen LogP contribution in [0.15, 0.2) is 34.8 Å². The van der Waals surface area contributed by atoms with Gasteiger partial charge in [-0.05, 0) is 49.5 Å². The standard InChI is InChI=1S/C20H23N3O3/c1-13-11-23(12-18(25-13)19-22-21-14(2)26-19)20(24)17-9-7-16(8-10-17)15-5-3-4-6-15/h5,7-10,13,18H,3-4,6,11-12H2,1-2H3/t13-,18-/m1/s1. The number of morpholine rings is 1. The van der Waals surface area contributed by atoms with E-state index >= 15 is 0 Å². The molecule has 1 aliphatic heterocycles. The Morgan fingerprint density at radius 1 is 1.19 bits per heavy atom. The third-order valence-corrected chi connectivity index (χ3v) is 4.91. The second kappa shape index (κ2) is 7.03. The molecule has 6 nitrogen and oxygen atoms in total. The first-order chi connectivity index (χ1) is 12.6. The van der Waals surface area contributed by atoms with Crippen LogP contribution in [0.1, 0.15) is 60.0 Å². The van der Waals surface area contributed by atoms with Gasteiger partial charge in [0.05, 0.1) is 12.6 Å². The third kappa shape index (κ3) is 3.42. The van der Waals surface area contributed by atoms with Crippen molar-refractivity contribution in [3.05, 3.63) is 53.2 Å². The Morgan fingerprint density at radius 3 is 2.65 bits per heavy atom. The molecule has 2 heterocycles. The minimum absolute atomic E-state index is 0.00772. The molecule has 0 saturated carbocycles. The highest BCUT2D eigenvalue weighted by Gasteiger charge is 2.32. The zero-order valence-electron chi connectivity index (χ0n) is 15.1. The SMILES string of the molecule is Cc1nnc([C@H]2CN(C(=O)c3ccc(C4=CCCC4)cc3)C[C@@H](C)O2)o1. The maximum Gasteiger partial charge on any atom is 0.254 e. The summed E-state index contributed by atoms with van der Waals surface area (Å²) in [6, 6.07) is 7.94. The first kappa shape index (κ1) is 17.0. The van der Waals surface area contributed by atoms with E-state index in [0.717, 1.165) is 12.8 Å². The lowest BCUT2D eigenvalue weighted by Gasteiger charge is -2.35. The number of allylic oxidation sites excluding steroid dienone is 2. The molecule has 1 saturated heterocycles. The van der Waals surface area contributed by atoms with Gasteiger partial charge in [0.1, 0.15) is 0 Å². The van der Waals surface area contributed by atoms with Gasteiger partial charge >= 0.3 is 0 Å². The number of amides is 1. The van der Waals surface area contributed by atoms with Crippen LogP contribution < -0.4 is 0 Å². The van der Waals surface area contributed by atoms with Crippen LogP contribution in [-0.2, 0) is 4.74 Å². The van der Waals surface area contributed by atoms with E-state index in [9.17, 15) is 4.79 Å². The van der Waals surface area contributed by atoms with Crippen molar-refractivity contribution in [2.75, 3.05) is 13.1 Å². The van der Waals surface area contributed by atoms with Crippen LogP contribution in [0.25, 0.3) is 5.57 Å². The van der Waals surface area contributed by atoms with Crippen molar-refractivity contribution >= 4 is 11.5 Å². The number of carbonyl (C=O) groups excluding carboxylic acids is 1. The molecule has 1 aromatic heterocycles. The smallest absolute Gasteiger partial charge is 0.254 e. The summed E-state index contributed by atoms with van der Waals surface area (Å²) in [5, 5.41) is 7.90. The zero-order chi connectivity index (χ0) is 18.1. The number of aromatic nitrogens is 2. The number of aryl methyl sites for hydroxylation is 1. The Kier molecular flexibility index (Phi) is 4.59. The Morgan fingerprint density at radius 2 is 2.00 bits per heavy atom. The molecule has 2 atom stereocenters. The van der Waals surface area contributed by atoms with E-state index in [-0.39, 0.29) is 18.1 Å². The molecule has 0 bridgehead atoms. The fourth-order valence-corrected chi connectivity index (χ4v) is 3.64. The molecule has 0 N–H and O–H groups in total. The van der Waals surface area contributed by atoms with Crippen LogP contribution in [0.4, 0.5) is 0 Å². The summed E-state index contributed by atoms with van der Waals surface area (Å²) in [6.07, 6.45) is 5.31. The summed E-state index contributed by atoms with van der Waals surface area (Å²) < 4.78 is 11.4. The van der Waals surface area contributed by atoms with Crippen LogP contribution >= 0.6 is 0 Å². The van der Waals surface area contributed by atoms with E-state index in [0.29, 0.717) is 30.4 Å². The van der Waals surface area contributed by atoms with Gasteiger partial charge in [0.15, 0.2) is 6.10 Å². The molecule has 2 aliphatic rings. The first-order valence-corrected chi connectivity index (χ1v) is 9.14. The highest BCUT2D eigenvalue weighted by molar-refractivity contribution is 5.94. The molecule has 0 spiro atoms. The number of hydrogen-bond donors (Lipinski definition) is 0. The number of carbonyl (C=O) groups is 1. The second-order valence-corrected chi connectivity index (χ2v) is 7.00. The Balaban J connectivity index is 1.49. The molecule has 4 rings (SSSR count). The van der Waals surface area contributed by atoms with E-state index < -0.39 is 0 Å². The molecule has 1 aromatic carbocycles. The van der Waals surface area contributed by atoms with Gasteiger partial charge in [-0.15, -0.1) is 10.2 Å². The lowest BCUT2D eigenvalue weighted by Crippen LogP contribution is -2.46. The third-order valence-electron chi connectivity index (χ3n) is 4.91. The largest absolute Gasteiger partial charge is 0.423 e. The van der Waals surface area contributed by atoms with Crippen molar-refractivity contribution in [3.63, 3.8) is 0 Å². The number of nitrogens with zero attached hydrogens (tertiary/aromatic N) is 3. The van der Waals surface area contributed by atoms with Crippen LogP contribution in [0.2, 0.25) is 0 Å². The summed E-state index contributed by atoms with van der Waals surface area (Å²) in [5.41, 5.74) is 3.30. The normalized spacial score (nSPS) is 23.2. The molecule has 26 heavy (non-hydrogen) atoms. The van der Waals surface area contributed by atoms with Crippen molar-refractivity contribution in [1.82, 2.24) is 15.1 Å². The van der Waals surface area contributed by atoms with E-state index in [1.807, 2.05) is 36.1 Å². The molecule has 1 fully saturated rings. The molecular weight excluding hydrogens is 330 g/mol. The van der Waals surface area contributed by atoms with Gasteiger partial charge in [0, 0.05) is 19.0 Å². The van der Waals surface area contributed by atoms with Gasteiger partial charge in [-0.25, -0.2) is 0 Å². The van der Waals surface area contributed by atoms with E-state index in [4.69, 9.17) is 9.15 Å². The minimum atomic E-state index is -0.383. The summed E-state index contributed by atoms with van der Waals surface area (Å²) in [7, 11) is 0. The molecule has 1 aliphatic carbocycles. The number of ether oxygens (including phenoxy) is 1. The van der Waals surface area contributed by atoms with Crippen molar-refractivity contribution < 1.29 is 13.9 Å². The maximum absolute atomic E-state index is 12.9. The van der Waals surface area contributed by atoms with Crippen molar-refractivity contribution in [2.45, 2.75) is 45.3 Å². The van der Waals surface area contributed by atoms with E-state index in [1.54, 1.807) is 6.92 Å². The van der Waals surface area contributed by atoms with Gasteiger partial charge in [-0.2, -0.15) is 0 Å². The van der Waals surface area contributed by atoms with Gasteiger partial charge < -0.3 is 14.1 Å². The number of hydrogen-bond acceptors (Lipinski definition) is 5. The molecular formula is C20H23N3O3. The monoisotopic (exact) mass is 353 g/mol. The molecule has 136 valence electrons. The lowest BCUT2D eigenvalue weighted by molar-refractivity contribution is -0.0796. The van der Waals surface area contributed by atoms with Crippen molar-refractivity contribution in [1.29, 1.82) is 0 Å². The van der Waals surface area contributed by atoms with Crippen LogP contribution in [-0.4, -0.2) is 40.2 Å². The Bertz CT molecular complexity index is 825. The Labute approximate surface area is 152 Å². The number of rotatable bonds is 3. The summed E-state index contributed by atoms with van der Waals surface area (Å²) in [6.45, 7) is 4.66. The lowest BCUT2D eigenvalue weighted by atomic mass is 10.0. The highest BCUT2D eigenvalue weighted by atomic mass is 16.5. The molecule has 1 amide bonds. The second-order valence-electron chi connectivity index (χ2n) is 7.00. The molecule has 0 radical (unpaired) electrons. The van der Waals surface area contributed by atoms with Crippen molar-refractivity contribution in [3.8, 4) is 0 Å². The summed E-state index contributed by atoms with van der Waals surface area (Å²) in [5.74, 6) is 0.931. The predicted molar refractivity (Wildman–Crippen MR) is 96.5 cm³/mol. The fraction of sp³-hybridized carbons (Fsp3) is 0.450. The van der Waals surface area contributed by atoms with Crippen LogP contribution in [0.5, 0.6) is 0 Å². The first-order valence-electron chi connectivity index (χ1n) is 9.14. The van der Waals surface area contributed by atoms with Crippen LogP contribution in [0.3, 0.4) is 0 Å².